The molecule has 1 N–H and O–H groups in total. The number of ether oxygens (including phenoxy) is 2. The Morgan fingerprint density at radius 1 is 1.26 bits per heavy atom. The van der Waals surface area contributed by atoms with Crippen molar-refractivity contribution in [1.82, 2.24) is 0 Å². The average Bonchev–Trinajstić information content (AvgIpc) is 2.51. The quantitative estimate of drug-likeness (QED) is 0.648. The monoisotopic (exact) mass is 445 g/mol. The second-order valence-corrected chi connectivity index (χ2v) is 6.61. The summed E-state index contributed by atoms with van der Waals surface area (Å²) in [5, 5.41) is 3.26. The second kappa shape index (κ2) is 7.88. The molecule has 0 aromatic heterocycles. The predicted molar refractivity (Wildman–Crippen MR) is 100 cm³/mol. The van der Waals surface area contributed by atoms with Crippen molar-refractivity contribution in [3.8, 4) is 5.75 Å². The van der Waals surface area contributed by atoms with Gasteiger partial charge >= 0.3 is 6.09 Å². The number of benzene rings is 2. The zero-order chi connectivity index (χ0) is 17.0. The summed E-state index contributed by atoms with van der Waals surface area (Å²) in [5.41, 5.74) is 3.75. The van der Waals surface area contributed by atoms with E-state index in [9.17, 15) is 4.79 Å². The molecule has 122 valence electrons. The summed E-state index contributed by atoms with van der Waals surface area (Å²) in [4.78, 5) is 11.5. The van der Waals surface area contributed by atoms with Gasteiger partial charge in [-0.15, -0.1) is 0 Å². The lowest BCUT2D eigenvalue weighted by molar-refractivity contribution is 0.187. The SMILES string of the molecule is COC(=O)Nc1cccc(I)c1COc1cc(C)c(C)cc1Cl. The molecule has 2 aromatic carbocycles. The maximum absolute atomic E-state index is 11.5. The van der Waals surface area contributed by atoms with Crippen LogP contribution in [0.2, 0.25) is 5.02 Å². The van der Waals surface area contributed by atoms with Crippen molar-refractivity contribution in [2.45, 2.75) is 20.5 Å². The summed E-state index contributed by atoms with van der Waals surface area (Å²) >= 11 is 8.44. The Morgan fingerprint density at radius 2 is 1.96 bits per heavy atom. The van der Waals surface area contributed by atoms with Crippen molar-refractivity contribution in [2.24, 2.45) is 0 Å². The summed E-state index contributed by atoms with van der Waals surface area (Å²) in [6.07, 6.45) is -0.516. The Labute approximate surface area is 154 Å². The number of carbonyl (C=O) groups excluding carboxylic acids is 1. The molecule has 0 heterocycles. The Kier molecular flexibility index (Phi) is 6.12. The summed E-state index contributed by atoms with van der Waals surface area (Å²) in [6.45, 7) is 4.30. The maximum atomic E-state index is 11.5. The third kappa shape index (κ3) is 4.51. The zero-order valence-electron chi connectivity index (χ0n) is 13.1. The van der Waals surface area contributed by atoms with E-state index in [0.717, 1.165) is 20.3 Å². The average molecular weight is 446 g/mol. The van der Waals surface area contributed by atoms with Crippen LogP contribution in [0.1, 0.15) is 16.7 Å². The third-order valence-electron chi connectivity index (χ3n) is 3.46. The van der Waals surface area contributed by atoms with E-state index in [0.29, 0.717) is 23.1 Å². The second-order valence-electron chi connectivity index (χ2n) is 5.04. The first kappa shape index (κ1) is 17.9. The highest BCUT2D eigenvalue weighted by molar-refractivity contribution is 14.1. The molecule has 23 heavy (non-hydrogen) atoms. The Morgan fingerprint density at radius 3 is 2.65 bits per heavy atom. The summed E-state index contributed by atoms with van der Waals surface area (Å²) < 4.78 is 11.5. The van der Waals surface area contributed by atoms with Gasteiger partial charge in [0.15, 0.2) is 0 Å². The molecule has 0 atom stereocenters. The predicted octanol–water partition coefficient (Wildman–Crippen LogP) is 5.32. The number of carbonyl (C=O) groups is 1. The minimum atomic E-state index is -0.516. The van der Waals surface area contributed by atoms with Crippen LogP contribution in [-0.4, -0.2) is 13.2 Å². The number of amides is 1. The minimum Gasteiger partial charge on any atom is -0.487 e. The summed E-state index contributed by atoms with van der Waals surface area (Å²) in [7, 11) is 1.33. The van der Waals surface area contributed by atoms with E-state index in [-0.39, 0.29) is 0 Å². The third-order valence-corrected chi connectivity index (χ3v) is 4.77. The van der Waals surface area contributed by atoms with E-state index in [1.54, 1.807) is 6.07 Å². The first-order valence-electron chi connectivity index (χ1n) is 6.94. The Bertz CT molecular complexity index is 734. The maximum Gasteiger partial charge on any atom is 0.411 e. The normalized spacial score (nSPS) is 10.3. The molecule has 0 aliphatic carbocycles. The van der Waals surface area contributed by atoms with E-state index in [1.165, 1.54) is 7.11 Å². The van der Waals surface area contributed by atoms with Crippen LogP contribution in [0, 0.1) is 17.4 Å². The van der Waals surface area contributed by atoms with Crippen molar-refractivity contribution in [1.29, 1.82) is 0 Å². The number of hydrogen-bond acceptors (Lipinski definition) is 3. The zero-order valence-corrected chi connectivity index (χ0v) is 16.0. The molecular weight excluding hydrogens is 429 g/mol. The van der Waals surface area contributed by atoms with E-state index >= 15 is 0 Å². The van der Waals surface area contributed by atoms with E-state index in [1.807, 2.05) is 38.1 Å². The largest absolute Gasteiger partial charge is 0.487 e. The molecule has 2 rings (SSSR count). The standard InChI is InChI=1S/C17H17ClINO3/c1-10-7-13(18)16(8-11(10)2)23-9-12-14(19)5-4-6-15(12)20-17(21)22-3/h4-8H,9H2,1-3H3,(H,20,21). The van der Waals surface area contributed by atoms with Gasteiger partial charge in [0.25, 0.3) is 0 Å². The van der Waals surface area contributed by atoms with Gasteiger partial charge in [0.2, 0.25) is 0 Å². The van der Waals surface area contributed by atoms with Crippen LogP contribution in [0.5, 0.6) is 5.75 Å². The summed E-state index contributed by atoms with van der Waals surface area (Å²) in [5.74, 6) is 0.624. The molecule has 0 spiro atoms. The van der Waals surface area contributed by atoms with Gasteiger partial charge in [-0.05, 0) is 71.8 Å². The molecule has 6 heteroatoms. The van der Waals surface area contributed by atoms with E-state index < -0.39 is 6.09 Å². The molecule has 0 aliphatic heterocycles. The molecule has 0 bridgehead atoms. The van der Waals surface area contributed by atoms with E-state index in [2.05, 4.69) is 32.6 Å². The number of nitrogens with one attached hydrogen (secondary N) is 1. The smallest absolute Gasteiger partial charge is 0.411 e. The highest BCUT2D eigenvalue weighted by Crippen LogP contribution is 2.30. The fourth-order valence-electron chi connectivity index (χ4n) is 2.00. The van der Waals surface area contributed by atoms with Crippen LogP contribution in [0.4, 0.5) is 10.5 Å². The molecule has 1 amide bonds. The lowest BCUT2D eigenvalue weighted by Crippen LogP contribution is -2.14. The highest BCUT2D eigenvalue weighted by Gasteiger charge is 2.12. The van der Waals surface area contributed by atoms with Gasteiger partial charge in [-0.3, -0.25) is 5.32 Å². The van der Waals surface area contributed by atoms with Crippen LogP contribution in [0.15, 0.2) is 30.3 Å². The van der Waals surface area contributed by atoms with Crippen molar-refractivity contribution in [3.63, 3.8) is 0 Å². The Balaban J connectivity index is 2.23. The molecule has 0 saturated heterocycles. The van der Waals surface area contributed by atoms with E-state index in [4.69, 9.17) is 16.3 Å². The minimum absolute atomic E-state index is 0.292. The first-order valence-corrected chi connectivity index (χ1v) is 8.40. The van der Waals surface area contributed by atoms with Gasteiger partial charge in [0.1, 0.15) is 12.4 Å². The van der Waals surface area contributed by atoms with Gasteiger partial charge in [-0.25, -0.2) is 4.79 Å². The molecule has 0 unspecified atom stereocenters. The molecule has 0 fully saturated rings. The van der Waals surface area contributed by atoms with Crippen LogP contribution in [-0.2, 0) is 11.3 Å². The van der Waals surface area contributed by atoms with Crippen molar-refractivity contribution in [2.75, 3.05) is 12.4 Å². The van der Waals surface area contributed by atoms with Crippen molar-refractivity contribution >= 4 is 46.0 Å². The fraction of sp³-hybridized carbons (Fsp3) is 0.235. The van der Waals surface area contributed by atoms with Crippen molar-refractivity contribution < 1.29 is 14.3 Å². The van der Waals surface area contributed by atoms with Gasteiger partial charge in [0.05, 0.1) is 17.8 Å². The van der Waals surface area contributed by atoms with Crippen LogP contribution in [0.3, 0.4) is 0 Å². The van der Waals surface area contributed by atoms with Gasteiger partial charge in [-0.2, -0.15) is 0 Å². The van der Waals surface area contributed by atoms with Gasteiger partial charge in [-0.1, -0.05) is 17.7 Å². The van der Waals surface area contributed by atoms with Crippen LogP contribution >= 0.6 is 34.2 Å². The highest BCUT2D eigenvalue weighted by atomic mass is 127. The molecule has 2 aromatic rings. The molecular formula is C17H17ClINO3. The van der Waals surface area contributed by atoms with Crippen molar-refractivity contribution in [3.05, 3.63) is 55.6 Å². The van der Waals surface area contributed by atoms with Gasteiger partial charge in [0, 0.05) is 9.13 Å². The lowest BCUT2D eigenvalue weighted by atomic mass is 10.1. The number of anilines is 1. The molecule has 4 nitrogen and oxygen atoms in total. The number of aryl methyl sites for hydroxylation is 2. The number of rotatable bonds is 4. The van der Waals surface area contributed by atoms with Crippen LogP contribution in [0.25, 0.3) is 0 Å². The fourth-order valence-corrected chi connectivity index (χ4v) is 2.93. The number of hydrogen-bond donors (Lipinski definition) is 1. The van der Waals surface area contributed by atoms with Gasteiger partial charge < -0.3 is 9.47 Å². The summed E-state index contributed by atoms with van der Waals surface area (Å²) in [6, 6.07) is 9.42. The Hall–Kier alpha value is -1.47. The topological polar surface area (TPSA) is 47.6 Å². The number of halogens is 2. The lowest BCUT2D eigenvalue weighted by Gasteiger charge is -2.15. The van der Waals surface area contributed by atoms with Crippen LogP contribution < -0.4 is 10.1 Å². The molecule has 0 radical (unpaired) electrons. The number of methoxy groups -OCH3 is 1. The molecule has 0 aliphatic rings. The first-order chi connectivity index (χ1) is 10.9. The molecule has 0 saturated carbocycles.